The van der Waals surface area contributed by atoms with Gasteiger partial charge in [-0.15, -0.1) is 0 Å². The summed E-state index contributed by atoms with van der Waals surface area (Å²) < 4.78 is 53.5. The van der Waals surface area contributed by atoms with Crippen LogP contribution < -0.4 is 10.1 Å². The number of anilines is 1. The molecule has 3 rings (SSSR count). The molecule has 0 atom stereocenters. The number of aryl methyl sites for hydroxylation is 1. The van der Waals surface area contributed by atoms with Crippen LogP contribution in [0.3, 0.4) is 0 Å². The number of hydrogen-bond donors (Lipinski definition) is 1. The Morgan fingerprint density at radius 2 is 1.53 bits per heavy atom. The Bertz CT molecular complexity index is 988. The summed E-state index contributed by atoms with van der Waals surface area (Å²) in [4.78, 5) is 23.9. The molecule has 1 aliphatic heterocycles. The van der Waals surface area contributed by atoms with Gasteiger partial charge in [-0.05, 0) is 55.0 Å². The average Bonchev–Trinajstić information content (AvgIpc) is 2.61. The summed E-state index contributed by atoms with van der Waals surface area (Å²) in [6.45, 7) is 4.65. The van der Waals surface area contributed by atoms with Crippen molar-refractivity contribution in [1.29, 1.82) is 0 Å². The zero-order chi connectivity index (χ0) is 22.1. The van der Waals surface area contributed by atoms with E-state index < -0.39 is 29.5 Å². The molecule has 0 amide bonds. The first-order valence-electron chi connectivity index (χ1n) is 8.84. The number of esters is 2. The molecule has 1 saturated heterocycles. The van der Waals surface area contributed by atoms with E-state index in [1.807, 2.05) is 0 Å². The lowest BCUT2D eigenvalue weighted by atomic mass is 10.1. The van der Waals surface area contributed by atoms with Crippen molar-refractivity contribution >= 4 is 17.6 Å². The SMILES string of the molecule is Cc1cc(Oc2ccc(C(F)(F)F)cc2)ccc1NC=C1C(=O)OC(C)(C)OC1=O. The predicted octanol–water partition coefficient (Wildman–Crippen LogP) is 4.94. The van der Waals surface area contributed by atoms with Gasteiger partial charge in [-0.3, -0.25) is 0 Å². The van der Waals surface area contributed by atoms with Crippen molar-refractivity contribution in [1.82, 2.24) is 0 Å². The molecule has 30 heavy (non-hydrogen) atoms. The molecule has 0 bridgehead atoms. The van der Waals surface area contributed by atoms with Crippen LogP contribution in [0.15, 0.2) is 54.2 Å². The zero-order valence-corrected chi connectivity index (χ0v) is 16.3. The third kappa shape index (κ3) is 4.91. The standard InChI is InChI=1S/C21H18F3NO5/c1-12-10-15(28-14-6-4-13(5-7-14)21(22,23)24)8-9-17(12)25-11-16-18(26)29-20(2,3)30-19(16)27/h4-11,25H,1-3H3. The smallest absolute Gasteiger partial charge is 0.416 e. The Labute approximate surface area is 170 Å². The van der Waals surface area contributed by atoms with Gasteiger partial charge in [0.05, 0.1) is 5.56 Å². The molecule has 1 N–H and O–H groups in total. The van der Waals surface area contributed by atoms with Crippen molar-refractivity contribution in [3.8, 4) is 11.5 Å². The van der Waals surface area contributed by atoms with Gasteiger partial charge >= 0.3 is 18.1 Å². The monoisotopic (exact) mass is 421 g/mol. The van der Waals surface area contributed by atoms with E-state index in [-0.39, 0.29) is 11.3 Å². The van der Waals surface area contributed by atoms with Gasteiger partial charge < -0.3 is 19.5 Å². The molecule has 0 aromatic heterocycles. The van der Waals surface area contributed by atoms with Gasteiger partial charge in [-0.1, -0.05) is 0 Å². The number of rotatable bonds is 4. The summed E-state index contributed by atoms with van der Waals surface area (Å²) >= 11 is 0. The second-order valence-corrected chi connectivity index (χ2v) is 6.98. The number of hydrogen-bond acceptors (Lipinski definition) is 6. The molecule has 0 saturated carbocycles. The van der Waals surface area contributed by atoms with Gasteiger partial charge in [0.25, 0.3) is 5.79 Å². The maximum atomic E-state index is 12.6. The second kappa shape index (κ2) is 7.74. The van der Waals surface area contributed by atoms with Crippen LogP contribution in [-0.4, -0.2) is 17.7 Å². The van der Waals surface area contributed by atoms with Gasteiger partial charge in [-0.2, -0.15) is 13.2 Å². The quantitative estimate of drug-likeness (QED) is 0.428. The average molecular weight is 421 g/mol. The number of benzene rings is 2. The van der Waals surface area contributed by atoms with Crippen LogP contribution in [0.2, 0.25) is 0 Å². The summed E-state index contributed by atoms with van der Waals surface area (Å²) in [5, 5.41) is 2.84. The fourth-order valence-electron chi connectivity index (χ4n) is 2.64. The number of carbonyl (C=O) groups is 2. The summed E-state index contributed by atoms with van der Waals surface area (Å²) in [5.74, 6) is -2.27. The molecule has 0 spiro atoms. The first-order valence-corrected chi connectivity index (χ1v) is 8.84. The molecule has 2 aromatic rings. The number of carbonyl (C=O) groups excluding carboxylic acids is 2. The van der Waals surface area contributed by atoms with Crippen molar-refractivity contribution in [3.05, 3.63) is 65.4 Å². The third-order valence-electron chi connectivity index (χ3n) is 4.10. The van der Waals surface area contributed by atoms with Crippen LogP contribution in [0.4, 0.5) is 18.9 Å². The Morgan fingerprint density at radius 3 is 2.07 bits per heavy atom. The maximum absolute atomic E-state index is 12.6. The van der Waals surface area contributed by atoms with Crippen molar-refractivity contribution in [2.24, 2.45) is 0 Å². The zero-order valence-electron chi connectivity index (χ0n) is 16.3. The molecule has 1 fully saturated rings. The fourth-order valence-corrected chi connectivity index (χ4v) is 2.64. The fraction of sp³-hybridized carbons (Fsp3) is 0.238. The Hall–Kier alpha value is -3.49. The first kappa shape index (κ1) is 21.2. The lowest BCUT2D eigenvalue weighted by Gasteiger charge is -2.29. The summed E-state index contributed by atoms with van der Waals surface area (Å²) in [6.07, 6.45) is -3.22. The number of ether oxygens (including phenoxy) is 3. The molecule has 1 heterocycles. The molecule has 0 aliphatic carbocycles. The van der Waals surface area contributed by atoms with E-state index in [9.17, 15) is 22.8 Å². The first-order chi connectivity index (χ1) is 13.9. The third-order valence-corrected chi connectivity index (χ3v) is 4.10. The van der Waals surface area contributed by atoms with Gasteiger partial charge in [0, 0.05) is 25.7 Å². The predicted molar refractivity (Wildman–Crippen MR) is 101 cm³/mol. The van der Waals surface area contributed by atoms with Gasteiger partial charge in [0.2, 0.25) is 0 Å². The molecule has 2 aromatic carbocycles. The van der Waals surface area contributed by atoms with Gasteiger partial charge in [-0.25, -0.2) is 9.59 Å². The minimum Gasteiger partial charge on any atom is -0.457 e. The van der Waals surface area contributed by atoms with Crippen molar-refractivity contribution in [2.45, 2.75) is 32.7 Å². The summed E-state index contributed by atoms with van der Waals surface area (Å²) in [7, 11) is 0. The van der Waals surface area contributed by atoms with Crippen molar-refractivity contribution in [3.63, 3.8) is 0 Å². The highest BCUT2D eigenvalue weighted by molar-refractivity contribution is 6.15. The van der Waals surface area contributed by atoms with Crippen LogP contribution >= 0.6 is 0 Å². The Kier molecular flexibility index (Phi) is 5.47. The normalized spacial score (nSPS) is 15.9. The van der Waals surface area contributed by atoms with E-state index in [0.717, 1.165) is 12.1 Å². The lowest BCUT2D eigenvalue weighted by Crippen LogP contribution is -2.42. The summed E-state index contributed by atoms with van der Waals surface area (Å²) in [6, 6.07) is 9.22. The molecule has 9 heteroatoms. The molecule has 0 unspecified atom stereocenters. The van der Waals surface area contributed by atoms with Gasteiger partial charge in [0.1, 0.15) is 11.5 Å². The van der Waals surface area contributed by atoms with Crippen molar-refractivity contribution < 1.29 is 37.0 Å². The van der Waals surface area contributed by atoms with E-state index in [1.54, 1.807) is 25.1 Å². The summed E-state index contributed by atoms with van der Waals surface area (Å²) in [5.41, 5.74) is 0.238. The van der Waals surface area contributed by atoms with Crippen molar-refractivity contribution in [2.75, 3.05) is 5.32 Å². The second-order valence-electron chi connectivity index (χ2n) is 6.98. The van der Waals surface area contributed by atoms with Crippen LogP contribution in [-0.2, 0) is 25.2 Å². The molecular weight excluding hydrogens is 403 g/mol. The van der Waals surface area contributed by atoms with E-state index >= 15 is 0 Å². The Balaban J connectivity index is 1.70. The lowest BCUT2D eigenvalue weighted by molar-refractivity contribution is -0.222. The van der Waals surface area contributed by atoms with E-state index in [0.29, 0.717) is 17.0 Å². The highest BCUT2D eigenvalue weighted by Gasteiger charge is 2.39. The molecule has 0 radical (unpaired) electrons. The molecular formula is C21H18F3NO5. The molecule has 1 aliphatic rings. The number of cyclic esters (lactones) is 2. The minimum absolute atomic E-state index is 0.250. The minimum atomic E-state index is -4.41. The number of nitrogens with one attached hydrogen (secondary N) is 1. The number of alkyl halides is 3. The van der Waals surface area contributed by atoms with E-state index in [1.165, 1.54) is 32.2 Å². The Morgan fingerprint density at radius 1 is 0.967 bits per heavy atom. The maximum Gasteiger partial charge on any atom is 0.416 e. The van der Waals surface area contributed by atoms with Crippen LogP contribution in [0.1, 0.15) is 25.0 Å². The van der Waals surface area contributed by atoms with E-state index in [2.05, 4.69) is 5.32 Å². The topological polar surface area (TPSA) is 73.9 Å². The van der Waals surface area contributed by atoms with Crippen LogP contribution in [0.5, 0.6) is 11.5 Å². The van der Waals surface area contributed by atoms with Crippen LogP contribution in [0.25, 0.3) is 0 Å². The largest absolute Gasteiger partial charge is 0.457 e. The number of halogens is 3. The highest BCUT2D eigenvalue weighted by Crippen LogP contribution is 2.32. The van der Waals surface area contributed by atoms with E-state index in [4.69, 9.17) is 14.2 Å². The van der Waals surface area contributed by atoms with Crippen LogP contribution in [0, 0.1) is 6.92 Å². The highest BCUT2D eigenvalue weighted by atomic mass is 19.4. The molecule has 6 nitrogen and oxygen atoms in total. The molecule has 158 valence electrons. The van der Waals surface area contributed by atoms with Gasteiger partial charge in [0.15, 0.2) is 5.57 Å².